The third-order valence-corrected chi connectivity index (χ3v) is 4.36. The molecule has 3 aliphatic rings. The van der Waals surface area contributed by atoms with Crippen LogP contribution in [0.15, 0.2) is 0 Å². The molecule has 3 heterocycles. The van der Waals surface area contributed by atoms with Crippen molar-refractivity contribution in [3.05, 3.63) is 0 Å². The molecule has 0 aliphatic carbocycles. The molecule has 3 fully saturated rings. The van der Waals surface area contributed by atoms with Crippen molar-refractivity contribution < 1.29 is 19.4 Å². The number of carboxylic acid groups (broad SMARTS) is 1. The molecule has 19 heavy (non-hydrogen) atoms. The lowest BCUT2D eigenvalue weighted by molar-refractivity contribution is -0.143. The summed E-state index contributed by atoms with van der Waals surface area (Å²) in [5.74, 6) is -1.20. The van der Waals surface area contributed by atoms with Crippen molar-refractivity contribution in [2.45, 2.75) is 37.9 Å². The summed E-state index contributed by atoms with van der Waals surface area (Å²) in [5, 5.41) is 9.07. The van der Waals surface area contributed by atoms with Gasteiger partial charge in [0, 0.05) is 26.2 Å². The minimum absolute atomic E-state index is 0.00819. The Hall–Kier alpha value is -1.30. The van der Waals surface area contributed by atoms with Crippen LogP contribution in [0.25, 0.3) is 0 Å². The minimum atomic E-state index is -0.792. The van der Waals surface area contributed by atoms with E-state index in [-0.39, 0.29) is 18.2 Å². The van der Waals surface area contributed by atoms with E-state index in [4.69, 9.17) is 9.84 Å². The molecule has 0 radical (unpaired) electrons. The normalized spacial score (nSPS) is 34.4. The molecule has 0 aromatic carbocycles. The number of carbonyl (C=O) groups excluding carboxylic acids is 1. The number of piperidine rings is 1. The smallest absolute Gasteiger partial charge is 0.320 e. The number of aliphatic carboxylic acids is 1. The van der Waals surface area contributed by atoms with Crippen LogP contribution in [0.4, 0.5) is 4.79 Å². The number of amides is 2. The summed E-state index contributed by atoms with van der Waals surface area (Å²) in [4.78, 5) is 27.0. The maximum Gasteiger partial charge on any atom is 0.320 e. The number of rotatable bonds is 1. The molecule has 0 spiro atoms. The van der Waals surface area contributed by atoms with Crippen molar-refractivity contribution in [2.24, 2.45) is 5.92 Å². The van der Waals surface area contributed by atoms with Crippen LogP contribution >= 0.6 is 0 Å². The molecule has 3 saturated heterocycles. The number of hydrogen-bond acceptors (Lipinski definition) is 3. The highest BCUT2D eigenvalue weighted by Crippen LogP contribution is 2.27. The van der Waals surface area contributed by atoms with Crippen molar-refractivity contribution >= 4 is 12.0 Å². The lowest BCUT2D eigenvalue weighted by atomic mass is 9.98. The van der Waals surface area contributed by atoms with Crippen molar-refractivity contribution in [2.75, 3.05) is 26.2 Å². The molecule has 2 unspecified atom stereocenters. The maximum absolute atomic E-state index is 12.4. The molecule has 3 aliphatic heterocycles. The number of nitrogens with zero attached hydrogens (tertiary/aromatic N) is 2. The van der Waals surface area contributed by atoms with Gasteiger partial charge in [-0.2, -0.15) is 0 Å². The van der Waals surface area contributed by atoms with E-state index >= 15 is 0 Å². The Morgan fingerprint density at radius 2 is 1.68 bits per heavy atom. The van der Waals surface area contributed by atoms with Gasteiger partial charge in [0.05, 0.1) is 18.1 Å². The highest BCUT2D eigenvalue weighted by Gasteiger charge is 2.38. The van der Waals surface area contributed by atoms with Gasteiger partial charge in [-0.3, -0.25) is 4.79 Å². The summed E-state index contributed by atoms with van der Waals surface area (Å²) in [6, 6.07) is -0.00819. The van der Waals surface area contributed by atoms with Gasteiger partial charge in [-0.05, 0) is 25.7 Å². The number of morpholine rings is 1. The minimum Gasteiger partial charge on any atom is -0.481 e. The third-order valence-electron chi connectivity index (χ3n) is 4.36. The molecular weight excluding hydrogens is 248 g/mol. The fourth-order valence-corrected chi connectivity index (χ4v) is 3.32. The highest BCUT2D eigenvalue weighted by atomic mass is 16.5. The fraction of sp³-hybridized carbons (Fsp3) is 0.846. The summed E-state index contributed by atoms with van der Waals surface area (Å²) < 4.78 is 5.72. The number of carboxylic acids is 1. The maximum atomic E-state index is 12.4. The van der Waals surface area contributed by atoms with E-state index in [1.807, 2.05) is 4.90 Å². The molecule has 0 aromatic heterocycles. The van der Waals surface area contributed by atoms with E-state index < -0.39 is 11.9 Å². The zero-order chi connectivity index (χ0) is 13.4. The van der Waals surface area contributed by atoms with Crippen LogP contribution in [0, 0.1) is 5.92 Å². The average Bonchev–Trinajstić information content (AvgIpc) is 2.76. The Bertz CT molecular complexity index is 375. The fourth-order valence-electron chi connectivity index (χ4n) is 3.32. The molecule has 0 aromatic rings. The molecule has 3 atom stereocenters. The van der Waals surface area contributed by atoms with Crippen LogP contribution in [0.3, 0.4) is 0 Å². The number of urea groups is 1. The molecule has 3 rings (SSSR count). The highest BCUT2D eigenvalue weighted by molar-refractivity contribution is 5.77. The van der Waals surface area contributed by atoms with Gasteiger partial charge < -0.3 is 19.6 Å². The van der Waals surface area contributed by atoms with Crippen LogP contribution in [0.5, 0.6) is 0 Å². The molecule has 2 bridgehead atoms. The Kier molecular flexibility index (Phi) is 3.35. The molecule has 2 amide bonds. The first-order valence-electron chi connectivity index (χ1n) is 7.05. The number of hydrogen-bond donors (Lipinski definition) is 1. The van der Waals surface area contributed by atoms with E-state index in [0.717, 1.165) is 19.3 Å². The van der Waals surface area contributed by atoms with Crippen molar-refractivity contribution in [1.29, 1.82) is 0 Å². The number of fused-ring (bicyclic) bond motifs is 2. The summed E-state index contributed by atoms with van der Waals surface area (Å²) in [5.41, 5.74) is 0. The summed E-state index contributed by atoms with van der Waals surface area (Å²) in [6.07, 6.45) is 3.89. The summed E-state index contributed by atoms with van der Waals surface area (Å²) in [6.45, 7) is 2.34. The largest absolute Gasteiger partial charge is 0.481 e. The van der Waals surface area contributed by atoms with Crippen LogP contribution in [0.1, 0.15) is 25.7 Å². The molecular formula is C13H20N2O4. The second-order valence-corrected chi connectivity index (χ2v) is 5.77. The van der Waals surface area contributed by atoms with Gasteiger partial charge in [-0.1, -0.05) is 0 Å². The lowest BCUT2D eigenvalue weighted by Crippen LogP contribution is -2.53. The molecule has 6 nitrogen and oxygen atoms in total. The van der Waals surface area contributed by atoms with Gasteiger partial charge in [0.25, 0.3) is 0 Å². The van der Waals surface area contributed by atoms with Crippen LogP contribution in [-0.4, -0.2) is 65.3 Å². The van der Waals surface area contributed by atoms with E-state index in [1.54, 1.807) is 4.90 Å². The zero-order valence-corrected chi connectivity index (χ0v) is 11.0. The summed E-state index contributed by atoms with van der Waals surface area (Å²) in [7, 11) is 0. The van der Waals surface area contributed by atoms with E-state index in [9.17, 15) is 9.59 Å². The lowest BCUT2D eigenvalue weighted by Gasteiger charge is -2.38. The van der Waals surface area contributed by atoms with Crippen molar-refractivity contribution in [1.82, 2.24) is 9.80 Å². The Morgan fingerprint density at radius 3 is 2.32 bits per heavy atom. The van der Waals surface area contributed by atoms with Crippen LogP contribution < -0.4 is 0 Å². The van der Waals surface area contributed by atoms with Gasteiger partial charge in [0.1, 0.15) is 0 Å². The van der Waals surface area contributed by atoms with E-state index in [2.05, 4.69) is 0 Å². The molecule has 106 valence electrons. The third kappa shape index (κ3) is 2.54. The monoisotopic (exact) mass is 268 g/mol. The Balaban J connectivity index is 1.62. The number of ether oxygens (including phenoxy) is 1. The van der Waals surface area contributed by atoms with Crippen molar-refractivity contribution in [3.63, 3.8) is 0 Å². The van der Waals surface area contributed by atoms with Crippen LogP contribution in [0.2, 0.25) is 0 Å². The predicted octanol–water partition coefficient (Wildman–Crippen LogP) is 0.766. The van der Waals surface area contributed by atoms with Crippen molar-refractivity contribution in [3.8, 4) is 0 Å². The standard InChI is InChI=1S/C13H20N2O4/c16-12(17)9-2-1-5-14(6-9)13(18)15-7-10-3-4-11(8-15)19-10/h9-11H,1-8H2,(H,16,17)/t9-,10?,11?/m1/s1. The second-order valence-electron chi connectivity index (χ2n) is 5.77. The van der Waals surface area contributed by atoms with Gasteiger partial charge in [0.2, 0.25) is 0 Å². The first-order valence-corrected chi connectivity index (χ1v) is 7.05. The quantitative estimate of drug-likeness (QED) is 0.762. The molecule has 6 heteroatoms. The van der Waals surface area contributed by atoms with E-state index in [0.29, 0.717) is 32.6 Å². The van der Waals surface area contributed by atoms with Crippen LogP contribution in [-0.2, 0) is 9.53 Å². The number of likely N-dealkylation sites (tertiary alicyclic amines) is 2. The molecule has 0 saturated carbocycles. The zero-order valence-electron chi connectivity index (χ0n) is 11.0. The first-order chi connectivity index (χ1) is 9.13. The Labute approximate surface area is 112 Å². The number of carbonyl (C=O) groups is 2. The first kappa shape index (κ1) is 12.7. The Morgan fingerprint density at radius 1 is 1.00 bits per heavy atom. The van der Waals surface area contributed by atoms with Gasteiger partial charge in [0.15, 0.2) is 0 Å². The topological polar surface area (TPSA) is 70.1 Å². The van der Waals surface area contributed by atoms with Gasteiger partial charge >= 0.3 is 12.0 Å². The predicted molar refractivity (Wildman–Crippen MR) is 66.8 cm³/mol. The van der Waals surface area contributed by atoms with E-state index in [1.165, 1.54) is 0 Å². The van der Waals surface area contributed by atoms with Gasteiger partial charge in [-0.15, -0.1) is 0 Å². The van der Waals surface area contributed by atoms with Gasteiger partial charge in [-0.25, -0.2) is 4.79 Å². The molecule has 1 N–H and O–H groups in total. The second kappa shape index (κ2) is 5.00. The SMILES string of the molecule is O=C(O)[C@@H]1CCCN(C(=O)N2CC3CCC(C2)O3)C1. The summed E-state index contributed by atoms with van der Waals surface area (Å²) >= 11 is 0. The average molecular weight is 268 g/mol.